The molecule has 0 aliphatic rings. The third-order valence-corrected chi connectivity index (χ3v) is 5.52. The molecule has 0 heterocycles. The highest BCUT2D eigenvalue weighted by Crippen LogP contribution is 2.26. The first-order valence-electron chi connectivity index (χ1n) is 10.8. The van der Waals surface area contributed by atoms with Crippen molar-refractivity contribution in [2.45, 2.75) is 13.5 Å². The zero-order valence-corrected chi connectivity index (χ0v) is 18.9. The van der Waals surface area contributed by atoms with E-state index in [1.165, 1.54) is 24.3 Å². The molecule has 4 aromatic rings. The first-order valence-corrected chi connectivity index (χ1v) is 10.8. The highest BCUT2D eigenvalue weighted by Gasteiger charge is 2.14. The van der Waals surface area contributed by atoms with Crippen molar-refractivity contribution in [3.63, 3.8) is 0 Å². The average Bonchev–Trinajstić information content (AvgIpc) is 2.87. The quantitative estimate of drug-likeness (QED) is 0.152. The van der Waals surface area contributed by atoms with Gasteiger partial charge < -0.3 is 10.1 Å². The van der Waals surface area contributed by atoms with E-state index in [0.717, 1.165) is 16.3 Å². The normalized spacial score (nSPS) is 11.0. The Labute approximate surface area is 202 Å². The number of aryl methyl sites for hydroxylation is 1. The number of nitro benzene ring substituents is 1. The smallest absolute Gasteiger partial charge is 0.269 e. The topological polar surface area (TPSA) is 105 Å². The van der Waals surface area contributed by atoms with E-state index in [9.17, 15) is 20.2 Å². The molecule has 1 amide bonds. The molecular weight excluding hydrogens is 442 g/mol. The van der Waals surface area contributed by atoms with E-state index >= 15 is 0 Å². The second-order valence-corrected chi connectivity index (χ2v) is 7.85. The van der Waals surface area contributed by atoms with E-state index in [1.54, 1.807) is 25.1 Å². The van der Waals surface area contributed by atoms with Gasteiger partial charge in [0.05, 0.1) is 4.92 Å². The Kier molecular flexibility index (Phi) is 6.84. The third-order valence-electron chi connectivity index (χ3n) is 5.52. The number of benzene rings is 4. The predicted molar refractivity (Wildman–Crippen MR) is 135 cm³/mol. The minimum Gasteiger partial charge on any atom is -0.488 e. The molecule has 0 spiro atoms. The van der Waals surface area contributed by atoms with Gasteiger partial charge in [-0.05, 0) is 47.0 Å². The van der Waals surface area contributed by atoms with Gasteiger partial charge in [-0.3, -0.25) is 14.9 Å². The van der Waals surface area contributed by atoms with Gasteiger partial charge in [0.1, 0.15) is 24.0 Å². The van der Waals surface area contributed by atoms with Gasteiger partial charge in [-0.25, -0.2) is 0 Å². The van der Waals surface area contributed by atoms with Crippen molar-refractivity contribution >= 4 is 34.1 Å². The minimum atomic E-state index is -0.617. The molecule has 0 aliphatic carbocycles. The summed E-state index contributed by atoms with van der Waals surface area (Å²) in [5, 5.41) is 25.4. The van der Waals surface area contributed by atoms with Gasteiger partial charge in [0, 0.05) is 23.4 Å². The first-order chi connectivity index (χ1) is 17.0. The molecule has 7 heteroatoms. The fraction of sp³-hybridized carbons (Fsp3) is 0.0714. The number of hydrogen-bond donors (Lipinski definition) is 1. The van der Waals surface area contributed by atoms with Crippen LogP contribution in [0.25, 0.3) is 16.8 Å². The molecular formula is C28H21N3O4. The lowest BCUT2D eigenvalue weighted by Gasteiger charge is -2.12. The molecule has 7 nitrogen and oxygen atoms in total. The summed E-state index contributed by atoms with van der Waals surface area (Å²) in [6.07, 6.45) is 1.47. The maximum absolute atomic E-state index is 12.8. The number of carbonyl (C=O) groups is 1. The molecule has 0 saturated carbocycles. The number of fused-ring (bicyclic) bond motifs is 1. The van der Waals surface area contributed by atoms with Crippen molar-refractivity contribution in [3.8, 4) is 11.8 Å². The fourth-order valence-corrected chi connectivity index (χ4v) is 3.70. The summed E-state index contributed by atoms with van der Waals surface area (Å²) in [5.74, 6) is -0.0826. The van der Waals surface area contributed by atoms with Crippen molar-refractivity contribution in [1.82, 2.24) is 0 Å². The number of para-hydroxylation sites is 1. The molecule has 172 valence electrons. The second-order valence-electron chi connectivity index (χ2n) is 7.85. The number of ether oxygens (including phenoxy) is 1. The average molecular weight is 463 g/mol. The van der Waals surface area contributed by atoms with Crippen molar-refractivity contribution in [3.05, 3.63) is 117 Å². The number of nitrogens with zero attached hydrogens (tertiary/aromatic N) is 2. The Balaban J connectivity index is 1.55. The Hall–Kier alpha value is -4.96. The first kappa shape index (κ1) is 23.2. The number of rotatable bonds is 7. The van der Waals surface area contributed by atoms with Crippen molar-refractivity contribution in [1.29, 1.82) is 5.26 Å². The van der Waals surface area contributed by atoms with Gasteiger partial charge >= 0.3 is 0 Å². The Morgan fingerprint density at radius 3 is 2.57 bits per heavy atom. The van der Waals surface area contributed by atoms with E-state index in [0.29, 0.717) is 29.2 Å². The number of nitro groups is 1. The Morgan fingerprint density at radius 2 is 1.80 bits per heavy atom. The summed E-state index contributed by atoms with van der Waals surface area (Å²) in [5.41, 5.74) is 2.32. The van der Waals surface area contributed by atoms with Crippen molar-refractivity contribution in [2.24, 2.45) is 0 Å². The van der Waals surface area contributed by atoms with Crippen molar-refractivity contribution < 1.29 is 14.5 Å². The van der Waals surface area contributed by atoms with Crippen LogP contribution in [0.1, 0.15) is 16.7 Å². The summed E-state index contributed by atoms with van der Waals surface area (Å²) < 4.78 is 6.08. The van der Waals surface area contributed by atoms with Gasteiger partial charge in [-0.1, -0.05) is 60.7 Å². The van der Waals surface area contributed by atoms with E-state index in [2.05, 4.69) is 5.32 Å². The van der Waals surface area contributed by atoms with Crippen LogP contribution in [0.4, 0.5) is 11.4 Å². The molecule has 35 heavy (non-hydrogen) atoms. The number of nitriles is 1. The zero-order valence-electron chi connectivity index (χ0n) is 18.9. The summed E-state index contributed by atoms with van der Waals surface area (Å²) in [4.78, 5) is 23.2. The zero-order chi connectivity index (χ0) is 24.8. The van der Waals surface area contributed by atoms with Crippen LogP contribution >= 0.6 is 0 Å². The van der Waals surface area contributed by atoms with Crippen LogP contribution in [0.5, 0.6) is 5.75 Å². The molecule has 0 saturated heterocycles. The fourth-order valence-electron chi connectivity index (χ4n) is 3.70. The highest BCUT2D eigenvalue weighted by atomic mass is 16.6. The number of hydrogen-bond acceptors (Lipinski definition) is 5. The van der Waals surface area contributed by atoms with E-state index in [-0.39, 0.29) is 11.3 Å². The van der Waals surface area contributed by atoms with Crippen LogP contribution in [0.3, 0.4) is 0 Å². The Bertz CT molecular complexity index is 1500. The number of nitrogens with one attached hydrogen (secondary N) is 1. The van der Waals surface area contributed by atoms with E-state index in [4.69, 9.17) is 4.74 Å². The van der Waals surface area contributed by atoms with E-state index < -0.39 is 10.8 Å². The molecule has 0 atom stereocenters. The molecule has 0 unspecified atom stereocenters. The maximum atomic E-state index is 12.8. The second kappa shape index (κ2) is 10.3. The summed E-state index contributed by atoms with van der Waals surface area (Å²) in [6, 6.07) is 27.3. The van der Waals surface area contributed by atoms with Crippen LogP contribution in [0.15, 0.2) is 90.5 Å². The molecule has 0 bridgehead atoms. The van der Waals surface area contributed by atoms with Crippen molar-refractivity contribution in [2.75, 3.05) is 5.32 Å². The third kappa shape index (κ3) is 5.34. The van der Waals surface area contributed by atoms with Crippen LogP contribution < -0.4 is 10.1 Å². The molecule has 0 aromatic heterocycles. The van der Waals surface area contributed by atoms with Gasteiger partial charge in [0.2, 0.25) is 0 Å². The lowest BCUT2D eigenvalue weighted by Crippen LogP contribution is -2.14. The Morgan fingerprint density at radius 1 is 1.06 bits per heavy atom. The van der Waals surface area contributed by atoms with Gasteiger partial charge in [-0.2, -0.15) is 5.26 Å². The summed E-state index contributed by atoms with van der Waals surface area (Å²) in [7, 11) is 0. The predicted octanol–water partition coefficient (Wildman–Crippen LogP) is 6.18. The standard InChI is InChI=1S/C28H21N3O4/c1-19-15-24(31(33)34)13-14-26(19)30-28(32)23(17-29)16-21-8-3-5-12-27(21)35-18-22-10-6-9-20-7-2-4-11-25(20)22/h2-16H,18H2,1H3,(H,30,32). The molecule has 0 radical (unpaired) electrons. The van der Waals surface area contributed by atoms with Gasteiger partial charge in [0.25, 0.3) is 11.6 Å². The highest BCUT2D eigenvalue weighted by molar-refractivity contribution is 6.10. The number of anilines is 1. The molecule has 1 N–H and O–H groups in total. The molecule has 0 fully saturated rings. The largest absolute Gasteiger partial charge is 0.488 e. The monoisotopic (exact) mass is 463 g/mol. The van der Waals surface area contributed by atoms with Crippen LogP contribution in [-0.2, 0) is 11.4 Å². The van der Waals surface area contributed by atoms with Gasteiger partial charge in [-0.15, -0.1) is 0 Å². The molecule has 0 aliphatic heterocycles. The lowest BCUT2D eigenvalue weighted by atomic mass is 10.1. The molecule has 4 aromatic carbocycles. The van der Waals surface area contributed by atoms with Gasteiger partial charge in [0.15, 0.2) is 0 Å². The number of non-ortho nitro benzene ring substituents is 1. The summed E-state index contributed by atoms with van der Waals surface area (Å²) in [6.45, 7) is 1.97. The lowest BCUT2D eigenvalue weighted by molar-refractivity contribution is -0.384. The minimum absolute atomic E-state index is 0.0752. The summed E-state index contributed by atoms with van der Waals surface area (Å²) >= 11 is 0. The van der Waals surface area contributed by atoms with Crippen LogP contribution in [-0.4, -0.2) is 10.8 Å². The number of amides is 1. The maximum Gasteiger partial charge on any atom is 0.269 e. The van der Waals surface area contributed by atoms with Crippen LogP contribution in [0.2, 0.25) is 0 Å². The van der Waals surface area contributed by atoms with E-state index in [1.807, 2.05) is 54.6 Å². The SMILES string of the molecule is Cc1cc([N+](=O)[O-])ccc1NC(=O)C(C#N)=Cc1ccccc1OCc1cccc2ccccc12. The van der Waals surface area contributed by atoms with Crippen LogP contribution in [0, 0.1) is 28.4 Å². The molecule has 4 rings (SSSR count). The number of carbonyl (C=O) groups excluding carboxylic acids is 1.